The van der Waals surface area contributed by atoms with Crippen molar-refractivity contribution in [1.29, 1.82) is 0 Å². The van der Waals surface area contributed by atoms with Gasteiger partial charge in [0.05, 0.1) is 15.5 Å². The molecule has 2 saturated carbocycles. The number of sulfonamides is 1. The topological polar surface area (TPSA) is 75.3 Å². The van der Waals surface area contributed by atoms with E-state index in [4.69, 9.17) is 23.2 Å². The largest absolute Gasteiger partial charge is 0.349 e. The smallest absolute Gasteiger partial charge is 0.261 e. The van der Waals surface area contributed by atoms with Crippen LogP contribution in [0.2, 0.25) is 10.0 Å². The minimum atomic E-state index is -3.80. The molecule has 2 aromatic carbocycles. The number of carbonyl (C=O) groups excluding carboxylic acids is 1. The molecule has 0 aliphatic heterocycles. The monoisotopic (exact) mass is 438 g/mol. The molecule has 2 bridgehead atoms. The molecule has 148 valence electrons. The molecular weight excluding hydrogens is 419 g/mol. The number of benzene rings is 2. The molecule has 2 aliphatic rings. The molecular formula is C20H20Cl2N2O3S. The second-order valence-electron chi connectivity index (χ2n) is 7.51. The summed E-state index contributed by atoms with van der Waals surface area (Å²) in [7, 11) is -3.80. The highest BCUT2D eigenvalue weighted by Gasteiger charge is 2.40. The Morgan fingerprint density at radius 1 is 1.00 bits per heavy atom. The third-order valence-electron chi connectivity index (χ3n) is 5.64. The highest BCUT2D eigenvalue weighted by molar-refractivity contribution is 7.92. The predicted octanol–water partition coefficient (Wildman–Crippen LogP) is 4.71. The van der Waals surface area contributed by atoms with Gasteiger partial charge in [0.25, 0.3) is 15.9 Å². The second kappa shape index (κ2) is 7.58. The lowest BCUT2D eigenvalue weighted by molar-refractivity contribution is 0.0923. The van der Waals surface area contributed by atoms with E-state index in [1.54, 1.807) is 0 Å². The van der Waals surface area contributed by atoms with Crippen LogP contribution in [0, 0.1) is 11.8 Å². The third-order valence-corrected chi connectivity index (χ3v) is 7.62. The van der Waals surface area contributed by atoms with Crippen LogP contribution < -0.4 is 10.0 Å². The molecule has 3 atom stereocenters. The number of nitrogens with one attached hydrogen (secondary N) is 2. The van der Waals surface area contributed by atoms with Gasteiger partial charge >= 0.3 is 0 Å². The molecule has 0 saturated heterocycles. The lowest BCUT2D eigenvalue weighted by Gasteiger charge is -2.23. The van der Waals surface area contributed by atoms with E-state index in [1.807, 2.05) is 0 Å². The fraction of sp³-hybridized carbons (Fsp3) is 0.350. The van der Waals surface area contributed by atoms with Crippen LogP contribution in [0.4, 0.5) is 5.69 Å². The SMILES string of the molecule is O=C(N[C@@H]1C[C@@H]2CC[C@@H]1C2)c1cc(NS(=O)(=O)c2ccc(Cl)cc2)ccc1Cl. The predicted molar refractivity (Wildman–Crippen MR) is 110 cm³/mol. The summed E-state index contributed by atoms with van der Waals surface area (Å²) in [6, 6.07) is 10.6. The molecule has 8 heteroatoms. The lowest BCUT2D eigenvalue weighted by Crippen LogP contribution is -2.38. The zero-order valence-electron chi connectivity index (χ0n) is 15.0. The number of fused-ring (bicyclic) bond motifs is 2. The van der Waals surface area contributed by atoms with Crippen molar-refractivity contribution >= 4 is 44.8 Å². The van der Waals surface area contributed by atoms with Gasteiger partial charge in [-0.15, -0.1) is 0 Å². The van der Waals surface area contributed by atoms with Crippen molar-refractivity contribution in [2.45, 2.75) is 36.6 Å². The standard InChI is InChI=1S/C20H20Cl2N2O3S/c21-14-3-6-16(7-4-14)28(26,27)24-15-5-8-18(22)17(11-15)20(25)23-19-10-12-1-2-13(19)9-12/h3-8,11-13,19,24H,1-2,9-10H2,(H,23,25)/t12-,13-,19-/m1/s1. The zero-order chi connectivity index (χ0) is 19.9. The summed E-state index contributed by atoms with van der Waals surface area (Å²) in [5.41, 5.74) is 0.540. The van der Waals surface area contributed by atoms with Crippen LogP contribution in [-0.4, -0.2) is 20.4 Å². The van der Waals surface area contributed by atoms with E-state index < -0.39 is 10.0 Å². The fourth-order valence-corrected chi connectivity index (χ4v) is 5.64. The maximum absolute atomic E-state index is 12.7. The number of rotatable bonds is 5. The van der Waals surface area contributed by atoms with Gasteiger partial charge in [-0.1, -0.05) is 29.6 Å². The first-order valence-electron chi connectivity index (χ1n) is 9.20. The van der Waals surface area contributed by atoms with E-state index >= 15 is 0 Å². The quantitative estimate of drug-likeness (QED) is 0.709. The minimum Gasteiger partial charge on any atom is -0.349 e. The van der Waals surface area contributed by atoms with Gasteiger partial charge in [-0.05, 0) is 73.6 Å². The van der Waals surface area contributed by atoms with Crippen molar-refractivity contribution in [2.75, 3.05) is 4.72 Å². The van der Waals surface area contributed by atoms with Crippen LogP contribution in [-0.2, 0) is 10.0 Å². The molecule has 0 aromatic heterocycles. The van der Waals surface area contributed by atoms with Gasteiger partial charge in [-0.2, -0.15) is 0 Å². The van der Waals surface area contributed by atoms with Crippen LogP contribution in [0.15, 0.2) is 47.4 Å². The Morgan fingerprint density at radius 3 is 2.39 bits per heavy atom. The van der Waals surface area contributed by atoms with Crippen LogP contribution in [0.3, 0.4) is 0 Å². The summed E-state index contributed by atoms with van der Waals surface area (Å²) in [6.45, 7) is 0. The number of halogens is 2. The van der Waals surface area contributed by atoms with Crippen molar-refractivity contribution < 1.29 is 13.2 Å². The second-order valence-corrected chi connectivity index (χ2v) is 10.0. The van der Waals surface area contributed by atoms with Gasteiger partial charge in [0.2, 0.25) is 0 Å². The van der Waals surface area contributed by atoms with Gasteiger partial charge in [-0.25, -0.2) is 8.42 Å². The van der Waals surface area contributed by atoms with Crippen molar-refractivity contribution in [2.24, 2.45) is 11.8 Å². The van der Waals surface area contributed by atoms with Crippen LogP contribution in [0.1, 0.15) is 36.0 Å². The van der Waals surface area contributed by atoms with E-state index in [0.29, 0.717) is 16.9 Å². The summed E-state index contributed by atoms with van der Waals surface area (Å²) >= 11 is 12.0. The van der Waals surface area contributed by atoms with Crippen LogP contribution in [0.5, 0.6) is 0 Å². The molecule has 28 heavy (non-hydrogen) atoms. The van der Waals surface area contributed by atoms with Gasteiger partial charge in [0, 0.05) is 16.8 Å². The minimum absolute atomic E-state index is 0.0832. The van der Waals surface area contributed by atoms with Crippen LogP contribution >= 0.6 is 23.2 Å². The number of hydrogen-bond donors (Lipinski definition) is 2. The third kappa shape index (κ3) is 4.00. The lowest BCUT2D eigenvalue weighted by atomic mass is 9.95. The normalized spacial score (nSPS) is 23.6. The highest BCUT2D eigenvalue weighted by atomic mass is 35.5. The molecule has 2 aliphatic carbocycles. The highest BCUT2D eigenvalue weighted by Crippen LogP contribution is 2.44. The van der Waals surface area contributed by atoms with E-state index in [9.17, 15) is 13.2 Å². The maximum atomic E-state index is 12.7. The Hall–Kier alpha value is -1.76. The van der Waals surface area contributed by atoms with E-state index in [-0.39, 0.29) is 33.1 Å². The molecule has 0 radical (unpaired) electrons. The first-order chi connectivity index (χ1) is 13.3. The molecule has 0 heterocycles. The number of hydrogen-bond acceptors (Lipinski definition) is 3. The molecule has 1 amide bonds. The van der Waals surface area contributed by atoms with Gasteiger partial charge < -0.3 is 5.32 Å². The summed E-state index contributed by atoms with van der Waals surface area (Å²) in [6.07, 6.45) is 4.60. The fourth-order valence-electron chi connectivity index (χ4n) is 4.26. The Bertz CT molecular complexity index is 1010. The Kier molecular flexibility index (Phi) is 5.29. The van der Waals surface area contributed by atoms with Gasteiger partial charge in [0.15, 0.2) is 0 Å². The number of anilines is 1. The first kappa shape index (κ1) is 19.6. The van der Waals surface area contributed by atoms with Gasteiger partial charge in [0.1, 0.15) is 0 Å². The maximum Gasteiger partial charge on any atom is 0.261 e. The van der Waals surface area contributed by atoms with Gasteiger partial charge in [-0.3, -0.25) is 9.52 Å². The summed E-state index contributed by atoms with van der Waals surface area (Å²) in [4.78, 5) is 12.8. The number of carbonyl (C=O) groups is 1. The Labute approximate surface area is 174 Å². The summed E-state index contributed by atoms with van der Waals surface area (Å²) in [5.74, 6) is 0.984. The van der Waals surface area contributed by atoms with Crippen molar-refractivity contribution in [3.05, 3.63) is 58.1 Å². The Morgan fingerprint density at radius 2 is 1.75 bits per heavy atom. The van der Waals surface area contributed by atoms with E-state index in [0.717, 1.165) is 12.8 Å². The van der Waals surface area contributed by atoms with E-state index in [1.165, 1.54) is 55.3 Å². The van der Waals surface area contributed by atoms with Crippen molar-refractivity contribution in [3.63, 3.8) is 0 Å². The molecule has 2 N–H and O–H groups in total. The van der Waals surface area contributed by atoms with Crippen molar-refractivity contribution in [3.8, 4) is 0 Å². The van der Waals surface area contributed by atoms with Crippen LogP contribution in [0.25, 0.3) is 0 Å². The molecule has 2 aromatic rings. The molecule has 4 rings (SSSR count). The molecule has 0 spiro atoms. The average molecular weight is 439 g/mol. The molecule has 0 unspecified atom stereocenters. The molecule has 5 nitrogen and oxygen atoms in total. The summed E-state index contributed by atoms with van der Waals surface area (Å²) in [5, 5.41) is 3.82. The van der Waals surface area contributed by atoms with E-state index in [2.05, 4.69) is 10.0 Å². The zero-order valence-corrected chi connectivity index (χ0v) is 17.3. The number of amides is 1. The average Bonchev–Trinajstić information content (AvgIpc) is 3.26. The van der Waals surface area contributed by atoms with Crippen molar-refractivity contribution in [1.82, 2.24) is 5.32 Å². The summed E-state index contributed by atoms with van der Waals surface area (Å²) < 4.78 is 27.6. The Balaban J connectivity index is 1.52. The first-order valence-corrected chi connectivity index (χ1v) is 11.4. The molecule has 2 fully saturated rings.